The number of aliphatic hydroxyl groups excluding tert-OH is 4. The van der Waals surface area contributed by atoms with E-state index in [4.69, 9.17) is 33.2 Å². The van der Waals surface area contributed by atoms with Gasteiger partial charge in [-0.05, 0) is 54.8 Å². The molecule has 6 N–H and O–H groups in total. The Morgan fingerprint density at radius 1 is 0.789 bits per heavy atom. The molecule has 2 saturated carbocycles. The van der Waals surface area contributed by atoms with Gasteiger partial charge < -0.3 is 64.0 Å². The van der Waals surface area contributed by atoms with Crippen LogP contribution >= 0.6 is 0 Å². The van der Waals surface area contributed by atoms with Crippen LogP contribution in [0.25, 0.3) is 0 Å². The summed E-state index contributed by atoms with van der Waals surface area (Å²) in [5.74, 6) is -7.31. The number of hydrogen-bond acceptors (Lipinski definition) is 18. The summed E-state index contributed by atoms with van der Waals surface area (Å²) < 4.78 is 43.1. The van der Waals surface area contributed by atoms with Crippen molar-refractivity contribution in [1.82, 2.24) is 5.32 Å². The minimum absolute atomic E-state index is 0.0120. The molecule has 15 atom stereocenters. The first-order valence-electron chi connectivity index (χ1n) is 23.4. The van der Waals surface area contributed by atoms with E-state index >= 15 is 4.79 Å². The van der Waals surface area contributed by atoms with Crippen molar-refractivity contribution in [3.8, 4) is 0 Å². The molecular formula is C52H59NO18. The molecule has 2 heterocycles. The highest BCUT2D eigenvalue weighted by Gasteiger charge is 2.79. The van der Waals surface area contributed by atoms with Crippen molar-refractivity contribution in [3.05, 3.63) is 119 Å². The van der Waals surface area contributed by atoms with E-state index < -0.39 is 150 Å². The van der Waals surface area contributed by atoms with Crippen molar-refractivity contribution in [2.45, 2.75) is 133 Å². The minimum atomic E-state index is -2.51. The van der Waals surface area contributed by atoms with Gasteiger partial charge in [-0.3, -0.25) is 19.2 Å². The molecule has 71 heavy (non-hydrogen) atoms. The fraction of sp³-hybridized carbons (Fsp3) is 0.500. The maximum absolute atomic E-state index is 16.2. The summed E-state index contributed by atoms with van der Waals surface area (Å²) in [4.78, 5) is 85.6. The molecule has 3 aliphatic carbocycles. The average Bonchev–Trinajstić information content (AvgIpc) is 3.34. The van der Waals surface area contributed by atoms with E-state index in [1.807, 2.05) is 0 Å². The number of benzene rings is 3. The summed E-state index contributed by atoms with van der Waals surface area (Å²) in [6.45, 7) is 7.24. The van der Waals surface area contributed by atoms with E-state index in [-0.39, 0.29) is 28.7 Å². The van der Waals surface area contributed by atoms with Crippen LogP contribution in [0, 0.1) is 16.7 Å². The van der Waals surface area contributed by atoms with Crippen molar-refractivity contribution in [1.29, 1.82) is 0 Å². The van der Waals surface area contributed by atoms with Gasteiger partial charge in [0, 0.05) is 37.7 Å². The van der Waals surface area contributed by atoms with Gasteiger partial charge in [0.25, 0.3) is 5.91 Å². The molecular weight excluding hydrogens is 927 g/mol. The average molecular weight is 986 g/mol. The molecule has 2 saturated heterocycles. The Kier molecular flexibility index (Phi) is 14.2. The predicted molar refractivity (Wildman–Crippen MR) is 244 cm³/mol. The molecule has 4 fully saturated rings. The zero-order valence-corrected chi connectivity index (χ0v) is 40.0. The van der Waals surface area contributed by atoms with Gasteiger partial charge in [-0.25, -0.2) is 9.59 Å². The number of rotatable bonds is 12. The predicted octanol–water partition coefficient (Wildman–Crippen LogP) is 2.20. The van der Waals surface area contributed by atoms with E-state index in [0.717, 1.165) is 13.8 Å². The van der Waals surface area contributed by atoms with E-state index in [0.29, 0.717) is 5.56 Å². The SMILES string of the molecule is CC(=O)O[C@H]1C(=O)[C@]2(C)[C@@H](O[C@@H]3OC[C@@H](O)[C@H](O)C3O)C[C@H]3OC[C@@]3(OC(C)=O)[C@H]2[C@H](OC(=O)c2ccccc2)[C@]2(O)C[C@H](OC(=O)[C@H](O)[C@@H](NC(=O)c3ccccc3)c3ccccc3)C(C)=C1C2(C)C. The van der Waals surface area contributed by atoms with Crippen LogP contribution in [0.15, 0.2) is 102 Å². The largest absolute Gasteiger partial charge is 0.456 e. The highest BCUT2D eigenvalue weighted by Crippen LogP contribution is 2.65. The van der Waals surface area contributed by atoms with Crippen molar-refractivity contribution >= 4 is 35.6 Å². The second-order valence-electron chi connectivity index (χ2n) is 19.7. The van der Waals surface area contributed by atoms with Gasteiger partial charge in [-0.1, -0.05) is 80.6 Å². The first-order chi connectivity index (χ1) is 33.6. The number of nitrogens with one attached hydrogen (secondary N) is 1. The number of amides is 1. The Labute approximate surface area is 409 Å². The molecule has 5 aliphatic rings. The summed E-state index contributed by atoms with van der Waals surface area (Å²) in [6, 6.07) is 22.6. The second-order valence-corrected chi connectivity index (χ2v) is 19.7. The molecule has 2 bridgehead atoms. The van der Waals surface area contributed by atoms with Crippen molar-refractivity contribution in [2.75, 3.05) is 13.2 Å². The Morgan fingerprint density at radius 2 is 1.39 bits per heavy atom. The molecule has 0 radical (unpaired) electrons. The number of carbonyl (C=O) groups excluding carboxylic acids is 6. The lowest BCUT2D eigenvalue weighted by atomic mass is 9.44. The highest BCUT2D eigenvalue weighted by molar-refractivity contribution is 5.96. The summed E-state index contributed by atoms with van der Waals surface area (Å²) >= 11 is 0. The lowest BCUT2D eigenvalue weighted by Gasteiger charge is -2.68. The van der Waals surface area contributed by atoms with Crippen LogP contribution in [0.1, 0.15) is 86.7 Å². The minimum Gasteiger partial charge on any atom is -0.456 e. The summed E-state index contributed by atoms with van der Waals surface area (Å²) in [6.07, 6.45) is -17.9. The Morgan fingerprint density at radius 3 is 1.97 bits per heavy atom. The van der Waals surface area contributed by atoms with Crippen LogP contribution in [0.5, 0.6) is 0 Å². The lowest BCUT2D eigenvalue weighted by Crippen LogP contribution is -2.82. The lowest BCUT2D eigenvalue weighted by molar-refractivity contribution is -0.366. The third-order valence-corrected chi connectivity index (χ3v) is 15.2. The molecule has 1 amide bonds. The van der Waals surface area contributed by atoms with Gasteiger partial charge in [0.05, 0.1) is 42.3 Å². The fourth-order valence-corrected chi connectivity index (χ4v) is 11.4. The standard InChI is InChI=1S/C52H59NO18/c1-26-33(68-47(63)39(58)37(29-16-10-7-11-17-29)53-45(61)30-18-12-8-13-19-30)23-52(64)44(70-46(62)31-20-14-9-15-21-31)42-50(6,43(60)41(67-27(2)54)36(26)49(52,4)5)34(22-35-51(42,25-66-35)71-28(3)55)69-48-40(59)38(57)32(56)24-65-48/h7-21,32-35,37-42,44,48,56-59,64H,22-25H2,1-6H3,(H,53,61)/t32-,33+,34+,35-,37+,38+,39-,40?,41-,42+,44+,48+,50-,51+,52-/m1/s1. The number of ether oxygens (including phenoxy) is 7. The third kappa shape index (κ3) is 8.96. The van der Waals surface area contributed by atoms with E-state index in [2.05, 4.69) is 5.32 Å². The number of hydrogen-bond donors (Lipinski definition) is 6. The van der Waals surface area contributed by atoms with Gasteiger partial charge >= 0.3 is 23.9 Å². The quantitative estimate of drug-likeness (QED) is 0.0862. The van der Waals surface area contributed by atoms with Crippen LogP contribution in [-0.4, -0.2) is 147 Å². The molecule has 2 aliphatic heterocycles. The smallest absolute Gasteiger partial charge is 0.338 e. The first-order valence-corrected chi connectivity index (χ1v) is 23.4. The maximum Gasteiger partial charge on any atom is 0.338 e. The van der Waals surface area contributed by atoms with Crippen LogP contribution in [0.4, 0.5) is 0 Å². The molecule has 8 rings (SSSR count). The first kappa shape index (κ1) is 51.5. The zero-order valence-electron chi connectivity index (χ0n) is 40.0. The summed E-state index contributed by atoms with van der Waals surface area (Å²) in [7, 11) is 0. The number of fused-ring (bicyclic) bond motifs is 5. The monoisotopic (exact) mass is 985 g/mol. The topological polar surface area (TPSA) is 280 Å². The highest BCUT2D eigenvalue weighted by atomic mass is 16.7. The summed E-state index contributed by atoms with van der Waals surface area (Å²) in [5.41, 5.74) is -7.76. The van der Waals surface area contributed by atoms with Crippen LogP contribution in [-0.2, 0) is 52.3 Å². The van der Waals surface area contributed by atoms with Gasteiger partial charge in [0.1, 0.15) is 42.2 Å². The number of carbonyl (C=O) groups is 6. The number of aliphatic hydroxyl groups is 5. The Hall–Kier alpha value is -5.90. The fourth-order valence-electron chi connectivity index (χ4n) is 11.4. The molecule has 1 unspecified atom stereocenters. The van der Waals surface area contributed by atoms with Gasteiger partial charge in [-0.2, -0.15) is 0 Å². The molecule has 3 aromatic rings. The zero-order chi connectivity index (χ0) is 51.4. The van der Waals surface area contributed by atoms with Crippen molar-refractivity contribution in [3.63, 3.8) is 0 Å². The third-order valence-electron chi connectivity index (χ3n) is 15.2. The molecule has 380 valence electrons. The Bertz CT molecular complexity index is 2560. The van der Waals surface area contributed by atoms with Crippen LogP contribution < -0.4 is 5.32 Å². The molecule has 0 aromatic heterocycles. The number of esters is 4. The van der Waals surface area contributed by atoms with E-state index in [1.165, 1.54) is 39.8 Å². The number of ketones is 1. The van der Waals surface area contributed by atoms with Gasteiger partial charge in [-0.15, -0.1) is 0 Å². The van der Waals surface area contributed by atoms with E-state index in [9.17, 15) is 49.5 Å². The van der Waals surface area contributed by atoms with Crippen molar-refractivity contribution in [2.24, 2.45) is 16.7 Å². The Balaban J connectivity index is 1.30. The molecule has 19 nitrogen and oxygen atoms in total. The molecule has 3 aromatic carbocycles. The number of Topliss-reactive ketones (excluding diaryl/α,β-unsaturated/α-hetero) is 1. The van der Waals surface area contributed by atoms with Gasteiger partial charge in [0.2, 0.25) is 0 Å². The molecule has 0 spiro atoms. The summed E-state index contributed by atoms with van der Waals surface area (Å²) in [5, 5.41) is 60.8. The van der Waals surface area contributed by atoms with Crippen molar-refractivity contribution < 1.29 is 87.5 Å². The molecule has 19 heteroatoms. The van der Waals surface area contributed by atoms with E-state index in [1.54, 1.807) is 78.9 Å². The van der Waals surface area contributed by atoms with Crippen LogP contribution in [0.2, 0.25) is 0 Å². The van der Waals surface area contributed by atoms with Gasteiger partial charge in [0.15, 0.2) is 29.9 Å². The second kappa shape index (κ2) is 19.6. The normalized spacial score (nSPS) is 34.8. The van der Waals surface area contributed by atoms with Crippen LogP contribution in [0.3, 0.4) is 0 Å². The maximum atomic E-state index is 16.2.